The van der Waals surface area contributed by atoms with Crippen LogP contribution in [0.5, 0.6) is 0 Å². The van der Waals surface area contributed by atoms with Crippen molar-refractivity contribution in [3.8, 4) is 0 Å². The van der Waals surface area contributed by atoms with Gasteiger partial charge in [-0.05, 0) is 43.2 Å². The van der Waals surface area contributed by atoms with Crippen molar-refractivity contribution < 1.29 is 18.4 Å². The number of carbonyl (C=O) groups is 2. The van der Waals surface area contributed by atoms with Gasteiger partial charge in [-0.2, -0.15) is 0 Å². The lowest BCUT2D eigenvalue weighted by molar-refractivity contribution is 0.0698. The van der Waals surface area contributed by atoms with Crippen molar-refractivity contribution in [2.75, 3.05) is 13.1 Å². The van der Waals surface area contributed by atoms with Gasteiger partial charge < -0.3 is 10.2 Å². The molecule has 130 valence electrons. The molecule has 1 saturated heterocycles. The number of hydrogen-bond acceptors (Lipinski definition) is 3. The summed E-state index contributed by atoms with van der Waals surface area (Å²) in [6.07, 6.45) is 4.35. The van der Waals surface area contributed by atoms with Crippen LogP contribution in [0, 0.1) is 11.6 Å². The van der Waals surface area contributed by atoms with Crippen LogP contribution in [-0.4, -0.2) is 40.8 Å². The van der Waals surface area contributed by atoms with Crippen LogP contribution in [-0.2, 0) is 0 Å². The van der Waals surface area contributed by atoms with Gasteiger partial charge in [0.05, 0.1) is 0 Å². The maximum absolute atomic E-state index is 13.2. The number of halogens is 2. The van der Waals surface area contributed by atoms with Gasteiger partial charge in [0.15, 0.2) is 11.6 Å². The fraction of sp³-hybridized carbons (Fsp3) is 0.278. The summed E-state index contributed by atoms with van der Waals surface area (Å²) in [6, 6.07) is 6.28. The number of nitrogens with one attached hydrogen (secondary N) is 1. The topological polar surface area (TPSA) is 62.3 Å². The second-order valence-electron chi connectivity index (χ2n) is 5.90. The van der Waals surface area contributed by atoms with E-state index in [1.807, 2.05) is 0 Å². The van der Waals surface area contributed by atoms with Gasteiger partial charge in [-0.3, -0.25) is 14.6 Å². The highest BCUT2D eigenvalue weighted by molar-refractivity contribution is 5.95. The summed E-state index contributed by atoms with van der Waals surface area (Å²) in [5.41, 5.74) is 0.661. The van der Waals surface area contributed by atoms with E-state index >= 15 is 0 Å². The number of likely N-dealkylation sites (tertiary alicyclic amines) is 1. The number of nitrogens with zero attached hydrogens (tertiary/aromatic N) is 2. The monoisotopic (exact) mass is 345 g/mol. The lowest BCUT2D eigenvalue weighted by Gasteiger charge is -2.32. The quantitative estimate of drug-likeness (QED) is 0.929. The third-order valence-corrected chi connectivity index (χ3v) is 4.23. The number of rotatable bonds is 3. The van der Waals surface area contributed by atoms with Crippen LogP contribution in [0.15, 0.2) is 42.7 Å². The first-order chi connectivity index (χ1) is 12.0. The Kier molecular flexibility index (Phi) is 5.02. The Labute approximate surface area is 143 Å². The Balaban J connectivity index is 1.54. The Morgan fingerprint density at radius 1 is 1.00 bits per heavy atom. The molecule has 1 N–H and O–H groups in total. The molecule has 0 atom stereocenters. The molecule has 3 rings (SSSR count). The van der Waals surface area contributed by atoms with Crippen LogP contribution in [0.1, 0.15) is 33.6 Å². The molecule has 0 unspecified atom stereocenters. The van der Waals surface area contributed by atoms with Gasteiger partial charge in [0.25, 0.3) is 11.8 Å². The number of benzene rings is 1. The maximum Gasteiger partial charge on any atom is 0.253 e. The van der Waals surface area contributed by atoms with E-state index in [1.54, 1.807) is 29.4 Å². The van der Waals surface area contributed by atoms with Gasteiger partial charge in [-0.25, -0.2) is 8.78 Å². The molecule has 1 aromatic carbocycles. The molecule has 2 heterocycles. The Bertz CT molecular complexity index is 775. The molecule has 0 aliphatic carbocycles. The zero-order valence-corrected chi connectivity index (χ0v) is 13.4. The second kappa shape index (κ2) is 7.38. The minimum Gasteiger partial charge on any atom is -0.349 e. The molecule has 5 nitrogen and oxygen atoms in total. The summed E-state index contributed by atoms with van der Waals surface area (Å²) in [6.45, 7) is 1.04. The van der Waals surface area contributed by atoms with E-state index in [-0.39, 0.29) is 17.5 Å². The van der Waals surface area contributed by atoms with E-state index in [0.717, 1.165) is 12.1 Å². The summed E-state index contributed by atoms with van der Waals surface area (Å²) in [4.78, 5) is 30.1. The van der Waals surface area contributed by atoms with Gasteiger partial charge in [0.1, 0.15) is 0 Å². The Hall–Kier alpha value is -2.83. The molecule has 2 amide bonds. The SMILES string of the molecule is O=C(NC1CCN(C(=O)c2ccncc2)CC1)c1ccc(F)c(F)c1. The lowest BCUT2D eigenvalue weighted by atomic mass is 10.0. The van der Waals surface area contributed by atoms with Crippen molar-refractivity contribution in [3.63, 3.8) is 0 Å². The average molecular weight is 345 g/mol. The first kappa shape index (κ1) is 17.0. The van der Waals surface area contributed by atoms with Crippen molar-refractivity contribution in [3.05, 3.63) is 65.5 Å². The van der Waals surface area contributed by atoms with E-state index in [1.165, 1.54) is 6.07 Å². The van der Waals surface area contributed by atoms with Gasteiger partial charge in [0.2, 0.25) is 0 Å². The highest BCUT2D eigenvalue weighted by Crippen LogP contribution is 2.15. The number of piperidine rings is 1. The molecular weight excluding hydrogens is 328 g/mol. The highest BCUT2D eigenvalue weighted by Gasteiger charge is 2.25. The first-order valence-electron chi connectivity index (χ1n) is 8.00. The van der Waals surface area contributed by atoms with E-state index in [2.05, 4.69) is 10.3 Å². The number of amides is 2. The summed E-state index contributed by atoms with van der Waals surface area (Å²) < 4.78 is 26.1. The molecular formula is C18H17F2N3O2. The van der Waals surface area contributed by atoms with Crippen LogP contribution in [0.2, 0.25) is 0 Å². The molecule has 0 bridgehead atoms. The second-order valence-corrected chi connectivity index (χ2v) is 5.90. The van der Waals surface area contributed by atoms with Crippen molar-refractivity contribution in [1.29, 1.82) is 0 Å². The number of pyridine rings is 1. The van der Waals surface area contributed by atoms with Gasteiger partial charge >= 0.3 is 0 Å². The fourth-order valence-corrected chi connectivity index (χ4v) is 2.81. The van der Waals surface area contributed by atoms with Crippen LogP contribution < -0.4 is 5.32 Å². The summed E-state index contributed by atoms with van der Waals surface area (Å²) in [5.74, 6) is -2.55. The summed E-state index contributed by atoms with van der Waals surface area (Å²) >= 11 is 0. The average Bonchev–Trinajstić information content (AvgIpc) is 2.64. The van der Waals surface area contributed by atoms with Crippen molar-refractivity contribution in [1.82, 2.24) is 15.2 Å². The predicted octanol–water partition coefficient (Wildman–Crippen LogP) is 2.39. The van der Waals surface area contributed by atoms with E-state index < -0.39 is 17.5 Å². The molecule has 0 radical (unpaired) electrons. The fourth-order valence-electron chi connectivity index (χ4n) is 2.81. The number of aromatic nitrogens is 1. The van der Waals surface area contributed by atoms with E-state index in [4.69, 9.17) is 0 Å². The van der Waals surface area contributed by atoms with Crippen LogP contribution in [0.25, 0.3) is 0 Å². The summed E-state index contributed by atoms with van der Waals surface area (Å²) in [5, 5.41) is 2.81. The molecule has 2 aromatic rings. The predicted molar refractivity (Wildman–Crippen MR) is 87.0 cm³/mol. The molecule has 7 heteroatoms. The van der Waals surface area contributed by atoms with Crippen molar-refractivity contribution >= 4 is 11.8 Å². The highest BCUT2D eigenvalue weighted by atomic mass is 19.2. The zero-order chi connectivity index (χ0) is 17.8. The first-order valence-corrected chi connectivity index (χ1v) is 8.00. The Morgan fingerprint density at radius 2 is 1.68 bits per heavy atom. The van der Waals surface area contributed by atoms with E-state index in [0.29, 0.717) is 31.5 Å². The molecule has 1 aliphatic rings. The third-order valence-electron chi connectivity index (χ3n) is 4.23. The molecule has 0 saturated carbocycles. The minimum atomic E-state index is -1.05. The smallest absolute Gasteiger partial charge is 0.253 e. The maximum atomic E-state index is 13.2. The summed E-state index contributed by atoms with van der Waals surface area (Å²) in [7, 11) is 0. The number of hydrogen-bond donors (Lipinski definition) is 1. The van der Waals surface area contributed by atoms with Crippen molar-refractivity contribution in [2.45, 2.75) is 18.9 Å². The zero-order valence-electron chi connectivity index (χ0n) is 13.4. The Morgan fingerprint density at radius 3 is 2.32 bits per heavy atom. The van der Waals surface area contributed by atoms with Gasteiger partial charge in [-0.15, -0.1) is 0 Å². The third kappa shape index (κ3) is 3.99. The number of carbonyl (C=O) groups excluding carboxylic acids is 2. The standard InChI is InChI=1S/C18H17F2N3O2/c19-15-2-1-13(11-16(15)20)17(24)22-14-5-9-23(10-6-14)18(25)12-3-7-21-8-4-12/h1-4,7-8,11,14H,5-6,9-10H2,(H,22,24). The van der Waals surface area contributed by atoms with E-state index in [9.17, 15) is 18.4 Å². The minimum absolute atomic E-state index is 0.0622. The van der Waals surface area contributed by atoms with Gasteiger partial charge in [-0.1, -0.05) is 0 Å². The molecule has 1 aliphatic heterocycles. The molecule has 25 heavy (non-hydrogen) atoms. The van der Waals surface area contributed by atoms with Crippen LogP contribution >= 0.6 is 0 Å². The molecule has 1 aromatic heterocycles. The molecule has 1 fully saturated rings. The normalized spacial score (nSPS) is 15.0. The largest absolute Gasteiger partial charge is 0.349 e. The lowest BCUT2D eigenvalue weighted by Crippen LogP contribution is -2.46. The van der Waals surface area contributed by atoms with Gasteiger partial charge in [0, 0.05) is 42.7 Å². The molecule has 0 spiro atoms. The van der Waals surface area contributed by atoms with Crippen LogP contribution in [0.4, 0.5) is 8.78 Å². The van der Waals surface area contributed by atoms with Crippen LogP contribution in [0.3, 0.4) is 0 Å². The van der Waals surface area contributed by atoms with Crippen molar-refractivity contribution in [2.24, 2.45) is 0 Å².